The average molecular weight is 479 g/mol. The Hall–Kier alpha value is -2.25. The number of nitrogens with one attached hydrogen (secondary N) is 1. The summed E-state index contributed by atoms with van der Waals surface area (Å²) in [6.45, 7) is 1.88. The van der Waals surface area contributed by atoms with Gasteiger partial charge in [0.25, 0.3) is 10.0 Å². The van der Waals surface area contributed by atoms with Crippen molar-refractivity contribution in [1.29, 1.82) is 0 Å². The van der Waals surface area contributed by atoms with Crippen molar-refractivity contribution >= 4 is 33.2 Å². The Balaban J connectivity index is 1.90. The fourth-order valence-electron chi connectivity index (χ4n) is 3.98. The molecule has 8 heteroatoms. The molecule has 6 nitrogen and oxygen atoms in total. The molecule has 0 unspecified atom stereocenters. The van der Waals surface area contributed by atoms with Gasteiger partial charge in [-0.1, -0.05) is 55.8 Å². The van der Waals surface area contributed by atoms with Gasteiger partial charge in [-0.2, -0.15) is 0 Å². The molecular weight excluding hydrogens is 448 g/mol. The number of rotatable bonds is 8. The van der Waals surface area contributed by atoms with E-state index in [-0.39, 0.29) is 23.4 Å². The quantitative estimate of drug-likeness (QED) is 0.568. The summed E-state index contributed by atoms with van der Waals surface area (Å²) in [6.07, 6.45) is 7.57. The van der Waals surface area contributed by atoms with Crippen LogP contribution in [0.2, 0.25) is 5.02 Å². The molecule has 2 aromatic rings. The van der Waals surface area contributed by atoms with Crippen molar-refractivity contribution in [3.63, 3.8) is 0 Å². The average Bonchev–Trinajstić information content (AvgIpc) is 2.75. The molecule has 1 aliphatic rings. The molecule has 0 aliphatic heterocycles. The monoisotopic (exact) mass is 478 g/mol. The molecule has 0 radical (unpaired) electrons. The molecule has 32 heavy (non-hydrogen) atoms. The minimum atomic E-state index is -4.03. The van der Waals surface area contributed by atoms with Gasteiger partial charge in [-0.15, -0.1) is 0 Å². The number of sulfonamides is 1. The summed E-state index contributed by atoms with van der Waals surface area (Å²) in [6, 6.07) is 12.9. The van der Waals surface area contributed by atoms with Gasteiger partial charge in [0, 0.05) is 11.1 Å². The molecule has 0 saturated heterocycles. The lowest BCUT2D eigenvalue weighted by molar-refractivity contribution is -0.120. The van der Waals surface area contributed by atoms with Crippen molar-refractivity contribution in [2.24, 2.45) is 0 Å². The minimum absolute atomic E-state index is 0.0620. The third-order valence-corrected chi connectivity index (χ3v) is 7.62. The van der Waals surface area contributed by atoms with Crippen LogP contribution in [0.25, 0.3) is 0 Å². The van der Waals surface area contributed by atoms with E-state index in [9.17, 15) is 13.2 Å². The van der Waals surface area contributed by atoms with Gasteiger partial charge in [-0.25, -0.2) is 8.42 Å². The van der Waals surface area contributed by atoms with Crippen LogP contribution >= 0.6 is 11.6 Å². The molecule has 0 atom stereocenters. The van der Waals surface area contributed by atoms with Crippen LogP contribution in [0.3, 0.4) is 0 Å². The molecule has 1 N–H and O–H groups in total. The van der Waals surface area contributed by atoms with Crippen molar-refractivity contribution in [3.05, 3.63) is 53.6 Å². The molecule has 3 rings (SSSR count). The van der Waals surface area contributed by atoms with Gasteiger partial charge in [0.1, 0.15) is 12.3 Å². The zero-order chi connectivity index (χ0) is 23.0. The molecule has 2 aromatic carbocycles. The predicted octanol–water partition coefficient (Wildman–Crippen LogP) is 5.16. The first-order valence-corrected chi connectivity index (χ1v) is 13.0. The summed E-state index contributed by atoms with van der Waals surface area (Å²) in [5, 5.41) is 3.50. The summed E-state index contributed by atoms with van der Waals surface area (Å²) in [4.78, 5) is 13.1. The fraction of sp³-hybridized carbons (Fsp3) is 0.458. The van der Waals surface area contributed by atoms with E-state index in [2.05, 4.69) is 5.32 Å². The molecule has 0 bridgehead atoms. The van der Waals surface area contributed by atoms with Crippen LogP contribution in [0.4, 0.5) is 5.69 Å². The number of carbonyl (C=O) groups excluding carboxylic acids is 1. The zero-order valence-electron chi connectivity index (χ0n) is 18.4. The van der Waals surface area contributed by atoms with Gasteiger partial charge in [-0.05, 0) is 56.2 Å². The molecular formula is C24H31ClN2O4S. The summed E-state index contributed by atoms with van der Waals surface area (Å²) in [5.74, 6) is 0.0886. The van der Waals surface area contributed by atoms with Crippen LogP contribution < -0.4 is 14.4 Å². The molecule has 0 heterocycles. The Kier molecular flexibility index (Phi) is 8.82. The van der Waals surface area contributed by atoms with Crippen molar-refractivity contribution in [2.75, 3.05) is 17.5 Å². The summed E-state index contributed by atoms with van der Waals surface area (Å²) >= 11 is 5.95. The fourth-order valence-corrected chi connectivity index (χ4v) is 5.54. The van der Waals surface area contributed by atoms with Crippen molar-refractivity contribution in [3.8, 4) is 5.75 Å². The first-order chi connectivity index (χ1) is 15.4. The Morgan fingerprint density at radius 1 is 1.03 bits per heavy atom. The Bertz CT molecular complexity index is 987. The molecule has 0 aromatic heterocycles. The highest BCUT2D eigenvalue weighted by atomic mass is 35.5. The molecule has 174 valence electrons. The van der Waals surface area contributed by atoms with E-state index in [0.29, 0.717) is 23.1 Å². The Labute approximate surface area is 196 Å². The second-order valence-electron chi connectivity index (χ2n) is 7.98. The number of anilines is 1. The number of para-hydroxylation sites is 2. The van der Waals surface area contributed by atoms with E-state index >= 15 is 0 Å². The van der Waals surface area contributed by atoms with Crippen LogP contribution in [-0.2, 0) is 14.8 Å². The van der Waals surface area contributed by atoms with Crippen molar-refractivity contribution in [2.45, 2.75) is 62.8 Å². The summed E-state index contributed by atoms with van der Waals surface area (Å²) in [5.41, 5.74) is 0.331. The van der Waals surface area contributed by atoms with E-state index in [1.807, 2.05) is 6.92 Å². The van der Waals surface area contributed by atoms with E-state index in [1.54, 1.807) is 24.3 Å². The van der Waals surface area contributed by atoms with Gasteiger partial charge in [-0.3, -0.25) is 9.10 Å². The predicted molar refractivity (Wildman–Crippen MR) is 128 cm³/mol. The number of benzene rings is 2. The second-order valence-corrected chi connectivity index (χ2v) is 10.3. The minimum Gasteiger partial charge on any atom is -0.492 e. The third-order valence-electron chi connectivity index (χ3n) is 5.59. The lowest BCUT2D eigenvalue weighted by Crippen LogP contribution is -2.44. The molecule has 1 saturated carbocycles. The first-order valence-electron chi connectivity index (χ1n) is 11.2. The molecule has 1 fully saturated rings. The second kappa shape index (κ2) is 11.6. The number of ether oxygens (including phenoxy) is 1. The summed E-state index contributed by atoms with van der Waals surface area (Å²) in [7, 11) is -4.03. The number of amides is 1. The van der Waals surface area contributed by atoms with Gasteiger partial charge >= 0.3 is 0 Å². The Morgan fingerprint density at radius 3 is 2.31 bits per heavy atom. The standard InChI is InChI=1S/C24H31ClN2O4S/c1-2-31-23-13-9-8-12-22(23)27(32(29,30)21-16-14-19(25)15-17-21)18-24(28)26-20-10-6-4-3-5-7-11-20/h8-9,12-17,20H,2-7,10-11,18H2,1H3,(H,26,28). The lowest BCUT2D eigenvalue weighted by Gasteiger charge is -2.27. The summed E-state index contributed by atoms with van der Waals surface area (Å²) < 4.78 is 33.9. The largest absolute Gasteiger partial charge is 0.492 e. The maximum Gasteiger partial charge on any atom is 0.264 e. The number of nitrogens with zero attached hydrogens (tertiary/aromatic N) is 1. The maximum atomic E-state index is 13.6. The van der Waals surface area contributed by atoms with Crippen LogP contribution in [0.1, 0.15) is 51.9 Å². The van der Waals surface area contributed by atoms with E-state index in [4.69, 9.17) is 16.3 Å². The molecule has 1 aliphatic carbocycles. The van der Waals surface area contributed by atoms with E-state index in [1.165, 1.54) is 43.5 Å². The van der Waals surface area contributed by atoms with Crippen LogP contribution in [0.15, 0.2) is 53.4 Å². The normalized spacial score (nSPS) is 15.4. The van der Waals surface area contributed by atoms with Crippen molar-refractivity contribution < 1.29 is 17.9 Å². The number of carbonyl (C=O) groups is 1. The van der Waals surface area contributed by atoms with E-state index in [0.717, 1.165) is 30.0 Å². The molecule has 0 spiro atoms. The van der Waals surface area contributed by atoms with Gasteiger partial charge in [0.2, 0.25) is 5.91 Å². The topological polar surface area (TPSA) is 75.7 Å². The highest BCUT2D eigenvalue weighted by molar-refractivity contribution is 7.92. The lowest BCUT2D eigenvalue weighted by atomic mass is 9.97. The Morgan fingerprint density at radius 2 is 1.66 bits per heavy atom. The van der Waals surface area contributed by atoms with Crippen LogP contribution in [0.5, 0.6) is 5.75 Å². The van der Waals surface area contributed by atoms with Gasteiger partial charge < -0.3 is 10.1 Å². The van der Waals surface area contributed by atoms with E-state index < -0.39 is 10.0 Å². The smallest absolute Gasteiger partial charge is 0.264 e. The van der Waals surface area contributed by atoms with Gasteiger partial charge in [0.15, 0.2) is 0 Å². The SMILES string of the molecule is CCOc1ccccc1N(CC(=O)NC1CCCCCCC1)S(=O)(=O)c1ccc(Cl)cc1. The van der Waals surface area contributed by atoms with Crippen LogP contribution in [0, 0.1) is 0 Å². The highest BCUT2D eigenvalue weighted by Gasteiger charge is 2.30. The highest BCUT2D eigenvalue weighted by Crippen LogP contribution is 2.32. The maximum absolute atomic E-state index is 13.6. The van der Waals surface area contributed by atoms with Crippen LogP contribution in [-0.4, -0.2) is 33.5 Å². The number of hydrogen-bond acceptors (Lipinski definition) is 4. The van der Waals surface area contributed by atoms with Crippen molar-refractivity contribution in [1.82, 2.24) is 5.32 Å². The number of hydrogen-bond donors (Lipinski definition) is 1. The number of halogens is 1. The van der Waals surface area contributed by atoms with Gasteiger partial charge in [0.05, 0.1) is 17.2 Å². The zero-order valence-corrected chi connectivity index (χ0v) is 20.0. The first kappa shape index (κ1) is 24.4. The third kappa shape index (κ3) is 6.39. The molecule has 1 amide bonds.